The van der Waals surface area contributed by atoms with E-state index in [1.807, 2.05) is 27.7 Å². The number of nitrogens with zero attached hydrogens (tertiary/aromatic N) is 1. The third-order valence-electron chi connectivity index (χ3n) is 4.24. The third-order valence-corrected chi connectivity index (χ3v) is 4.24. The van der Waals surface area contributed by atoms with Crippen molar-refractivity contribution in [3.63, 3.8) is 0 Å². The summed E-state index contributed by atoms with van der Waals surface area (Å²) in [6, 6.07) is 2.28. The van der Waals surface area contributed by atoms with Crippen molar-refractivity contribution in [3.05, 3.63) is 0 Å². The van der Waals surface area contributed by atoms with E-state index >= 15 is 0 Å². The Morgan fingerprint density at radius 1 is 0.857 bits per heavy atom. The van der Waals surface area contributed by atoms with E-state index in [9.17, 15) is 4.79 Å². The van der Waals surface area contributed by atoms with Gasteiger partial charge in [0.25, 0.3) is 0 Å². The summed E-state index contributed by atoms with van der Waals surface area (Å²) in [5, 5.41) is 8.54. The Hall–Kier alpha value is -0.840. The summed E-state index contributed by atoms with van der Waals surface area (Å²) in [5.41, 5.74) is -0.125. The van der Waals surface area contributed by atoms with Crippen molar-refractivity contribution < 1.29 is 4.79 Å². The molecule has 0 aromatic heterocycles. The number of rotatable bonds is 5. The van der Waals surface area contributed by atoms with Gasteiger partial charge in [-0.15, -0.1) is 0 Å². The van der Waals surface area contributed by atoms with E-state index in [1.165, 1.54) is 0 Å². The molecule has 0 spiro atoms. The Balaban J connectivity index is -0.0000000452. The van der Waals surface area contributed by atoms with Crippen LogP contribution in [0.3, 0.4) is 0 Å². The zero-order valence-corrected chi connectivity index (χ0v) is 12.7. The van der Waals surface area contributed by atoms with Crippen LogP contribution in [0.2, 0.25) is 0 Å². The standard InChI is InChI=1S/C8H16O.C7H13N.4CH4/c1-5-8(4,6-2)7(3)9;1-4-7(3,5-2)6-8;;;;/h5-6H2,1-4H3;4-5H2,1-3H3;4*1H4. The number of carbonyl (C=O) groups excluding carboxylic acids is 1. The predicted octanol–water partition coefficient (Wildman–Crippen LogP) is 7.28. The molecule has 0 atom stereocenters. The molecule has 0 rings (SSSR count). The van der Waals surface area contributed by atoms with Gasteiger partial charge in [-0.2, -0.15) is 5.26 Å². The lowest BCUT2D eigenvalue weighted by atomic mass is 9.81. The average molecular weight is 304 g/mol. The maximum absolute atomic E-state index is 10.9. The third kappa shape index (κ3) is 13.9. The first-order chi connectivity index (χ1) is 7.75. The van der Waals surface area contributed by atoms with Crippen molar-refractivity contribution in [1.29, 1.82) is 5.26 Å². The number of carbonyl (C=O) groups is 1. The van der Waals surface area contributed by atoms with Gasteiger partial charge in [0.15, 0.2) is 0 Å². The number of nitriles is 1. The molecule has 0 aromatic carbocycles. The maximum atomic E-state index is 10.9. The number of hydrogen-bond acceptors (Lipinski definition) is 2. The van der Waals surface area contributed by atoms with Gasteiger partial charge in [-0.05, 0) is 39.5 Å². The Morgan fingerprint density at radius 3 is 1.14 bits per heavy atom. The molecule has 0 saturated carbocycles. The number of hydrogen-bond donors (Lipinski definition) is 0. The molecule has 132 valence electrons. The summed E-state index contributed by atoms with van der Waals surface area (Å²) >= 11 is 0. The molecule has 0 unspecified atom stereocenters. The molecule has 0 amide bonds. The molecule has 21 heavy (non-hydrogen) atoms. The zero-order valence-electron chi connectivity index (χ0n) is 12.7. The van der Waals surface area contributed by atoms with Crippen molar-refractivity contribution >= 4 is 5.78 Å². The molecule has 0 aliphatic heterocycles. The summed E-state index contributed by atoms with van der Waals surface area (Å²) in [6.45, 7) is 13.9. The van der Waals surface area contributed by atoms with Crippen LogP contribution < -0.4 is 0 Å². The molecule has 0 fully saturated rings. The van der Waals surface area contributed by atoms with Gasteiger partial charge < -0.3 is 0 Å². The van der Waals surface area contributed by atoms with Crippen molar-refractivity contribution in [3.8, 4) is 6.07 Å². The lowest BCUT2D eigenvalue weighted by Gasteiger charge is -2.22. The second-order valence-electron chi connectivity index (χ2n) is 5.20. The summed E-state index contributed by atoms with van der Waals surface area (Å²) in [4.78, 5) is 10.9. The van der Waals surface area contributed by atoms with Crippen LogP contribution in [-0.4, -0.2) is 5.78 Å². The highest BCUT2D eigenvalue weighted by Crippen LogP contribution is 2.25. The van der Waals surface area contributed by atoms with E-state index in [4.69, 9.17) is 5.26 Å². The van der Waals surface area contributed by atoms with Crippen molar-refractivity contribution in [2.24, 2.45) is 10.8 Å². The molecule has 0 aliphatic carbocycles. The summed E-state index contributed by atoms with van der Waals surface area (Å²) in [6.07, 6.45) is 3.83. The van der Waals surface area contributed by atoms with Crippen LogP contribution in [0.4, 0.5) is 0 Å². The highest BCUT2D eigenvalue weighted by molar-refractivity contribution is 5.81. The molecule has 0 N–H and O–H groups in total. The largest absolute Gasteiger partial charge is 0.299 e. The first-order valence-corrected chi connectivity index (χ1v) is 6.67. The lowest BCUT2D eigenvalue weighted by Crippen LogP contribution is -2.23. The van der Waals surface area contributed by atoms with Crippen molar-refractivity contribution in [1.82, 2.24) is 0 Å². The predicted molar refractivity (Wildman–Crippen MR) is 101 cm³/mol. The van der Waals surface area contributed by atoms with Crippen LogP contribution in [0.25, 0.3) is 0 Å². The van der Waals surface area contributed by atoms with Gasteiger partial charge in [0.2, 0.25) is 0 Å². The van der Waals surface area contributed by atoms with Gasteiger partial charge in [0.1, 0.15) is 5.78 Å². The first kappa shape index (κ1) is 36.9. The minimum absolute atomic E-state index is 0. The minimum Gasteiger partial charge on any atom is -0.299 e. The molecule has 0 bridgehead atoms. The molecule has 0 aliphatic rings. The summed E-state index contributed by atoms with van der Waals surface area (Å²) in [7, 11) is 0. The molecule has 2 heteroatoms. The Labute approximate surface area is 137 Å². The normalized spacial score (nSPS) is 9.05. The minimum atomic E-state index is -0.0694. The fourth-order valence-electron chi connectivity index (χ4n) is 1.16. The Morgan fingerprint density at radius 2 is 1.14 bits per heavy atom. The van der Waals surface area contributed by atoms with Crippen LogP contribution in [-0.2, 0) is 4.79 Å². The Bertz CT molecular complexity index is 255. The van der Waals surface area contributed by atoms with Crippen molar-refractivity contribution in [2.45, 2.75) is 104 Å². The fraction of sp³-hybridized carbons (Fsp3) is 0.895. The number of ketones is 1. The molecular formula is C19H45NO. The van der Waals surface area contributed by atoms with E-state index in [0.717, 1.165) is 25.7 Å². The van der Waals surface area contributed by atoms with Gasteiger partial charge >= 0.3 is 0 Å². The first-order valence-electron chi connectivity index (χ1n) is 6.67. The molecule has 0 saturated heterocycles. The summed E-state index contributed by atoms with van der Waals surface area (Å²) in [5.74, 6) is 0.313. The van der Waals surface area contributed by atoms with Crippen molar-refractivity contribution in [2.75, 3.05) is 0 Å². The Kier molecular flexibility index (Phi) is 30.3. The quantitative estimate of drug-likeness (QED) is 0.535. The van der Waals surface area contributed by atoms with E-state index < -0.39 is 0 Å². The highest BCUT2D eigenvalue weighted by Gasteiger charge is 2.24. The second-order valence-corrected chi connectivity index (χ2v) is 5.20. The van der Waals surface area contributed by atoms with Crippen LogP contribution in [0.5, 0.6) is 0 Å². The zero-order chi connectivity index (χ0) is 14.1. The molecular weight excluding hydrogens is 258 g/mol. The van der Waals surface area contributed by atoms with E-state index in [-0.39, 0.29) is 40.5 Å². The fourth-order valence-corrected chi connectivity index (χ4v) is 1.16. The van der Waals surface area contributed by atoms with Gasteiger partial charge in [0.05, 0.1) is 11.5 Å². The van der Waals surface area contributed by atoms with Crippen LogP contribution in [0, 0.1) is 22.2 Å². The van der Waals surface area contributed by atoms with E-state index in [2.05, 4.69) is 19.9 Å². The monoisotopic (exact) mass is 303 g/mol. The molecule has 2 nitrogen and oxygen atoms in total. The SMILES string of the molecule is C.C.C.C.CCC(C)(C#N)CC.CCC(C)(CC)C(C)=O. The van der Waals surface area contributed by atoms with E-state index in [0.29, 0.717) is 5.78 Å². The maximum Gasteiger partial charge on any atom is 0.135 e. The molecule has 0 aromatic rings. The lowest BCUT2D eigenvalue weighted by molar-refractivity contribution is -0.126. The van der Waals surface area contributed by atoms with Crippen LogP contribution in [0.1, 0.15) is 104 Å². The van der Waals surface area contributed by atoms with Gasteiger partial charge in [-0.25, -0.2) is 0 Å². The van der Waals surface area contributed by atoms with Crippen LogP contribution >= 0.6 is 0 Å². The van der Waals surface area contributed by atoms with Crippen LogP contribution in [0.15, 0.2) is 0 Å². The topological polar surface area (TPSA) is 40.9 Å². The van der Waals surface area contributed by atoms with Gasteiger partial charge in [0, 0.05) is 5.41 Å². The second kappa shape index (κ2) is 17.2. The van der Waals surface area contributed by atoms with Gasteiger partial charge in [-0.3, -0.25) is 4.79 Å². The summed E-state index contributed by atoms with van der Waals surface area (Å²) < 4.78 is 0. The molecule has 0 radical (unpaired) electrons. The number of Topliss-reactive ketones (excluding diaryl/α,β-unsaturated/α-hetero) is 1. The highest BCUT2D eigenvalue weighted by atomic mass is 16.1. The van der Waals surface area contributed by atoms with E-state index in [1.54, 1.807) is 6.92 Å². The molecule has 0 heterocycles. The smallest absolute Gasteiger partial charge is 0.135 e. The van der Waals surface area contributed by atoms with Gasteiger partial charge in [-0.1, -0.05) is 64.3 Å². The average Bonchev–Trinajstić information content (AvgIpc) is 2.37.